The summed E-state index contributed by atoms with van der Waals surface area (Å²) in [7, 11) is -1.09. The summed E-state index contributed by atoms with van der Waals surface area (Å²) in [5, 5.41) is 0.794. The Hall–Kier alpha value is -1.05. The predicted octanol–water partition coefficient (Wildman–Crippen LogP) is 3.70. The Kier molecular flexibility index (Phi) is 6.90. The van der Waals surface area contributed by atoms with E-state index in [-0.39, 0.29) is 17.9 Å². The number of allylic oxidation sites excluding steroid dienone is 1. The van der Waals surface area contributed by atoms with Crippen LogP contribution in [0.2, 0.25) is 0 Å². The highest BCUT2D eigenvalue weighted by Gasteiger charge is 2.48. The summed E-state index contributed by atoms with van der Waals surface area (Å²) >= 11 is 0. The Labute approximate surface area is 137 Å². The van der Waals surface area contributed by atoms with E-state index in [9.17, 15) is 4.79 Å². The second-order valence-electron chi connectivity index (χ2n) is 6.22. The van der Waals surface area contributed by atoms with Gasteiger partial charge in [0.05, 0.1) is 5.92 Å². The molecule has 22 heavy (non-hydrogen) atoms. The van der Waals surface area contributed by atoms with Crippen LogP contribution < -0.4 is 4.72 Å². The van der Waals surface area contributed by atoms with Gasteiger partial charge < -0.3 is 0 Å². The summed E-state index contributed by atoms with van der Waals surface area (Å²) in [6.07, 6.45) is 13.5. The Morgan fingerprint density at radius 1 is 1.50 bits per heavy atom. The summed E-state index contributed by atoms with van der Waals surface area (Å²) in [5.74, 6) is 2.46. The van der Waals surface area contributed by atoms with Crippen LogP contribution in [-0.4, -0.2) is 34.4 Å². The third-order valence-corrected chi connectivity index (χ3v) is 9.10. The molecule has 1 amide bonds. The molecule has 0 radical (unpaired) electrons. The second-order valence-corrected chi connectivity index (χ2v) is 9.90. The van der Waals surface area contributed by atoms with E-state index in [1.807, 2.05) is 6.92 Å². The number of rotatable bonds is 5. The van der Waals surface area contributed by atoms with Crippen molar-refractivity contribution >= 4 is 21.8 Å². The summed E-state index contributed by atoms with van der Waals surface area (Å²) in [6, 6.07) is 0.157. The van der Waals surface area contributed by atoms with E-state index in [1.54, 1.807) is 0 Å². The van der Waals surface area contributed by atoms with Gasteiger partial charge in [0.1, 0.15) is 0 Å². The largest absolute Gasteiger partial charge is 0.277 e. The average Bonchev–Trinajstić information content (AvgIpc) is 2.67. The lowest BCUT2D eigenvalue weighted by Gasteiger charge is -2.43. The van der Waals surface area contributed by atoms with Crippen LogP contribution in [-0.2, 0) is 4.79 Å². The molecule has 0 aromatic heterocycles. The van der Waals surface area contributed by atoms with Gasteiger partial charge in [-0.25, -0.2) is 4.99 Å². The van der Waals surface area contributed by atoms with Gasteiger partial charge in [0.25, 0.3) is 5.91 Å². The van der Waals surface area contributed by atoms with Crippen molar-refractivity contribution in [3.63, 3.8) is 0 Å². The Balaban J connectivity index is 3.04. The lowest BCUT2D eigenvalue weighted by molar-refractivity contribution is -0.121. The standard InChI is InChI=1S/C18H30N2OS/c1-8-11-13(4)19-18(21)17-14(5)20-22(7,15(17)6)16(10-3)12-9-2/h1,9,12,14-17,20H,10-11H2,2-7H3. The van der Waals surface area contributed by atoms with Crippen molar-refractivity contribution in [3.05, 3.63) is 12.2 Å². The highest BCUT2D eigenvalue weighted by atomic mass is 32.3. The number of terminal acetylenes is 1. The van der Waals surface area contributed by atoms with Crippen LogP contribution in [0.4, 0.5) is 0 Å². The minimum Gasteiger partial charge on any atom is -0.277 e. The molecular formula is C18H30N2OS. The van der Waals surface area contributed by atoms with E-state index in [0.29, 0.717) is 16.9 Å². The minimum atomic E-state index is -1.09. The third-order valence-electron chi connectivity index (χ3n) is 4.64. The molecule has 4 heteroatoms. The molecule has 5 unspecified atom stereocenters. The molecule has 1 saturated heterocycles. The van der Waals surface area contributed by atoms with Crippen LogP contribution in [0, 0.1) is 18.3 Å². The van der Waals surface area contributed by atoms with E-state index in [0.717, 1.165) is 12.1 Å². The van der Waals surface area contributed by atoms with Crippen LogP contribution in [0.15, 0.2) is 17.1 Å². The zero-order valence-electron chi connectivity index (χ0n) is 14.7. The maximum absolute atomic E-state index is 12.6. The van der Waals surface area contributed by atoms with E-state index < -0.39 is 10.2 Å². The van der Waals surface area contributed by atoms with Crippen molar-refractivity contribution in [1.82, 2.24) is 4.72 Å². The molecule has 0 saturated carbocycles. The highest BCUT2D eigenvalue weighted by molar-refractivity contribution is 8.32. The first kappa shape index (κ1) is 19.0. The lowest BCUT2D eigenvalue weighted by Crippen LogP contribution is -2.30. The van der Waals surface area contributed by atoms with Crippen LogP contribution in [0.1, 0.15) is 47.5 Å². The van der Waals surface area contributed by atoms with E-state index in [2.05, 4.69) is 61.7 Å². The van der Waals surface area contributed by atoms with Gasteiger partial charge in [-0.1, -0.05) is 26.0 Å². The highest BCUT2D eigenvalue weighted by Crippen LogP contribution is 2.59. The number of hydrogen-bond acceptors (Lipinski definition) is 2. The molecule has 0 bridgehead atoms. The van der Waals surface area contributed by atoms with Crippen molar-refractivity contribution in [2.75, 3.05) is 6.26 Å². The first-order valence-corrected chi connectivity index (χ1v) is 10.2. The maximum atomic E-state index is 12.6. The summed E-state index contributed by atoms with van der Waals surface area (Å²) < 4.78 is 3.75. The van der Waals surface area contributed by atoms with Gasteiger partial charge in [-0.2, -0.15) is 10.2 Å². The van der Waals surface area contributed by atoms with Gasteiger partial charge in [0, 0.05) is 28.7 Å². The van der Waals surface area contributed by atoms with E-state index >= 15 is 0 Å². The molecule has 1 rings (SSSR count). The van der Waals surface area contributed by atoms with Gasteiger partial charge in [-0.3, -0.25) is 9.52 Å². The molecule has 3 nitrogen and oxygen atoms in total. The summed E-state index contributed by atoms with van der Waals surface area (Å²) in [6.45, 7) is 10.4. The molecule has 1 aliphatic rings. The van der Waals surface area contributed by atoms with Crippen molar-refractivity contribution < 1.29 is 4.79 Å². The molecule has 5 atom stereocenters. The lowest BCUT2D eigenvalue weighted by atomic mass is 9.98. The summed E-state index contributed by atoms with van der Waals surface area (Å²) in [4.78, 5) is 16.8. The molecule has 1 heterocycles. The molecule has 124 valence electrons. The first-order valence-electron chi connectivity index (χ1n) is 7.99. The fourth-order valence-corrected chi connectivity index (χ4v) is 7.41. The molecule has 0 spiro atoms. The number of nitrogens with zero attached hydrogens (tertiary/aromatic N) is 1. The molecule has 1 N–H and O–H groups in total. The van der Waals surface area contributed by atoms with Crippen LogP contribution >= 0.6 is 10.2 Å². The van der Waals surface area contributed by atoms with Gasteiger partial charge in [0.2, 0.25) is 0 Å². The Bertz CT molecular complexity index is 506. The number of carbonyl (C=O) groups excluding carboxylic acids is 1. The van der Waals surface area contributed by atoms with Gasteiger partial charge >= 0.3 is 0 Å². The maximum Gasteiger partial charge on any atom is 0.251 e. The van der Waals surface area contributed by atoms with Crippen molar-refractivity contribution in [2.24, 2.45) is 10.9 Å². The van der Waals surface area contributed by atoms with E-state index in [4.69, 9.17) is 6.42 Å². The molecule has 0 aliphatic carbocycles. The van der Waals surface area contributed by atoms with Crippen LogP contribution in [0.25, 0.3) is 0 Å². The Morgan fingerprint density at radius 2 is 2.14 bits per heavy atom. The molecular weight excluding hydrogens is 292 g/mol. The van der Waals surface area contributed by atoms with Gasteiger partial charge in [-0.15, -0.1) is 12.3 Å². The number of amides is 1. The Morgan fingerprint density at radius 3 is 2.64 bits per heavy atom. The normalized spacial score (nSPS) is 36.8. The topological polar surface area (TPSA) is 41.5 Å². The second kappa shape index (κ2) is 7.99. The monoisotopic (exact) mass is 322 g/mol. The number of nitrogens with one attached hydrogen (secondary N) is 1. The molecule has 1 fully saturated rings. The minimum absolute atomic E-state index is 0.0215. The van der Waals surface area contributed by atoms with Gasteiger partial charge in [0.15, 0.2) is 0 Å². The average molecular weight is 323 g/mol. The number of hydrogen-bond donors (Lipinski definition) is 1. The SMILES string of the molecule is C#CCC(C)=NC(=O)C1C(C)NS(C)(C(C=CC)CC)C1C. The summed E-state index contributed by atoms with van der Waals surface area (Å²) in [5.41, 5.74) is 0.732. The van der Waals surface area contributed by atoms with Crippen molar-refractivity contribution in [3.8, 4) is 12.3 Å². The predicted molar refractivity (Wildman–Crippen MR) is 99.5 cm³/mol. The number of aliphatic imine (C=N–C) groups is 1. The smallest absolute Gasteiger partial charge is 0.251 e. The van der Waals surface area contributed by atoms with E-state index in [1.165, 1.54) is 0 Å². The van der Waals surface area contributed by atoms with Crippen molar-refractivity contribution in [1.29, 1.82) is 0 Å². The fourth-order valence-electron chi connectivity index (χ4n) is 3.38. The zero-order chi connectivity index (χ0) is 16.9. The molecule has 1 aliphatic heterocycles. The van der Waals surface area contributed by atoms with Gasteiger partial charge in [-0.05, 0) is 33.4 Å². The van der Waals surface area contributed by atoms with Crippen LogP contribution in [0.5, 0.6) is 0 Å². The molecule has 0 aromatic rings. The van der Waals surface area contributed by atoms with Crippen molar-refractivity contribution in [2.45, 2.75) is 64.0 Å². The first-order chi connectivity index (χ1) is 10.3. The quantitative estimate of drug-likeness (QED) is 0.476. The zero-order valence-corrected chi connectivity index (χ0v) is 15.5. The number of carbonyl (C=O) groups is 1. The molecule has 0 aromatic carbocycles. The fraction of sp³-hybridized carbons (Fsp3) is 0.667. The third kappa shape index (κ3) is 3.83. The van der Waals surface area contributed by atoms with Crippen LogP contribution in [0.3, 0.4) is 0 Å².